The Morgan fingerprint density at radius 2 is 2.22 bits per heavy atom. The zero-order valence-electron chi connectivity index (χ0n) is 10.6. The van der Waals surface area contributed by atoms with Gasteiger partial charge in [0.2, 0.25) is 0 Å². The van der Waals surface area contributed by atoms with E-state index in [4.69, 9.17) is 10.2 Å². The molecule has 0 aromatic heterocycles. The number of carbonyl (C=O) groups excluding carboxylic acids is 1. The molecule has 0 radical (unpaired) electrons. The summed E-state index contributed by atoms with van der Waals surface area (Å²) in [4.78, 5) is 24.2. The quantitative estimate of drug-likeness (QED) is 0.511. The van der Waals surface area contributed by atoms with Crippen molar-refractivity contribution in [1.82, 2.24) is 15.5 Å². The van der Waals surface area contributed by atoms with Crippen LogP contribution in [0.25, 0.3) is 0 Å². The lowest BCUT2D eigenvalue weighted by Crippen LogP contribution is -2.49. The normalized spacial score (nSPS) is 22.2. The molecule has 1 rings (SSSR count). The van der Waals surface area contributed by atoms with E-state index in [0.29, 0.717) is 12.5 Å². The Morgan fingerprint density at radius 1 is 1.50 bits per heavy atom. The van der Waals surface area contributed by atoms with Crippen LogP contribution in [-0.4, -0.2) is 66.4 Å². The van der Waals surface area contributed by atoms with Gasteiger partial charge in [0.15, 0.2) is 6.04 Å². The third-order valence-corrected chi connectivity index (χ3v) is 3.06. The highest BCUT2D eigenvalue weighted by atomic mass is 16.4. The first-order chi connectivity index (χ1) is 8.52. The molecule has 2 atom stereocenters. The molecule has 1 unspecified atom stereocenters. The monoisotopic (exact) mass is 259 g/mol. The van der Waals surface area contributed by atoms with Crippen molar-refractivity contribution in [3.05, 3.63) is 0 Å². The van der Waals surface area contributed by atoms with Crippen molar-refractivity contribution in [1.29, 1.82) is 0 Å². The highest BCUT2D eigenvalue weighted by Gasteiger charge is 2.20. The lowest BCUT2D eigenvalue weighted by atomic mass is 9.99. The number of carboxylic acid groups (broad SMARTS) is 1. The average Bonchev–Trinajstić information content (AvgIpc) is 2.33. The van der Waals surface area contributed by atoms with E-state index in [9.17, 15) is 9.59 Å². The largest absolute Gasteiger partial charge is 0.480 e. The maximum atomic E-state index is 11.4. The molecule has 0 aromatic carbocycles. The number of aliphatic hydroxyl groups is 1. The number of hydrogen-bond acceptors (Lipinski definition) is 4. The van der Waals surface area contributed by atoms with Gasteiger partial charge >= 0.3 is 12.0 Å². The smallest absolute Gasteiger partial charge is 0.328 e. The number of carboxylic acids is 1. The maximum Gasteiger partial charge on any atom is 0.328 e. The summed E-state index contributed by atoms with van der Waals surface area (Å²) in [6.45, 7) is 1.92. The van der Waals surface area contributed by atoms with E-state index in [0.717, 1.165) is 25.9 Å². The van der Waals surface area contributed by atoms with Gasteiger partial charge < -0.3 is 25.7 Å². The lowest BCUT2D eigenvalue weighted by Gasteiger charge is -2.29. The fourth-order valence-electron chi connectivity index (χ4n) is 2.07. The van der Waals surface area contributed by atoms with Crippen LogP contribution in [-0.2, 0) is 4.79 Å². The second-order valence-electron chi connectivity index (χ2n) is 4.70. The molecule has 18 heavy (non-hydrogen) atoms. The average molecular weight is 259 g/mol. The summed E-state index contributed by atoms with van der Waals surface area (Å²) >= 11 is 0. The fourth-order valence-corrected chi connectivity index (χ4v) is 2.07. The summed E-state index contributed by atoms with van der Waals surface area (Å²) in [5.74, 6) is -0.850. The molecule has 0 aliphatic carbocycles. The zero-order valence-corrected chi connectivity index (χ0v) is 10.6. The molecular formula is C11H21N3O4. The Labute approximate surface area is 106 Å². The number of hydrogen-bond donors (Lipinski definition) is 4. The van der Waals surface area contributed by atoms with Crippen LogP contribution >= 0.6 is 0 Å². The summed E-state index contributed by atoms with van der Waals surface area (Å²) in [7, 11) is 2.04. The van der Waals surface area contributed by atoms with Gasteiger partial charge in [-0.15, -0.1) is 0 Å². The molecule has 1 aliphatic heterocycles. The third kappa shape index (κ3) is 4.89. The molecule has 1 aliphatic rings. The second kappa shape index (κ2) is 7.17. The fraction of sp³-hybridized carbons (Fsp3) is 0.818. The number of aliphatic carboxylic acids is 1. The summed E-state index contributed by atoms with van der Waals surface area (Å²) < 4.78 is 0. The Balaban J connectivity index is 2.25. The number of aliphatic hydroxyl groups excluding tert-OH is 1. The molecule has 0 saturated carbocycles. The molecular weight excluding hydrogens is 238 g/mol. The number of amides is 2. The predicted octanol–water partition coefficient (Wildman–Crippen LogP) is -0.927. The van der Waals surface area contributed by atoms with E-state index in [2.05, 4.69) is 15.5 Å². The van der Waals surface area contributed by atoms with E-state index < -0.39 is 24.6 Å². The molecule has 0 spiro atoms. The summed E-state index contributed by atoms with van der Waals surface area (Å²) in [5.41, 5.74) is 0. The Kier molecular flexibility index (Phi) is 5.87. The molecule has 1 heterocycles. The summed E-state index contributed by atoms with van der Waals surface area (Å²) in [6, 6.07) is -1.80. The molecule has 0 aromatic rings. The van der Waals surface area contributed by atoms with E-state index >= 15 is 0 Å². The van der Waals surface area contributed by atoms with E-state index in [1.807, 2.05) is 7.05 Å². The lowest BCUT2D eigenvalue weighted by molar-refractivity contribution is -0.140. The summed E-state index contributed by atoms with van der Waals surface area (Å²) in [5, 5.41) is 22.3. The number of urea groups is 1. The van der Waals surface area contributed by atoms with Crippen LogP contribution in [0.2, 0.25) is 0 Å². The Hall–Kier alpha value is -1.34. The first kappa shape index (κ1) is 14.7. The third-order valence-electron chi connectivity index (χ3n) is 3.06. The van der Waals surface area contributed by atoms with Gasteiger partial charge in [-0.2, -0.15) is 0 Å². The van der Waals surface area contributed by atoms with Gasteiger partial charge in [-0.1, -0.05) is 0 Å². The van der Waals surface area contributed by atoms with Crippen molar-refractivity contribution >= 4 is 12.0 Å². The predicted molar refractivity (Wildman–Crippen MR) is 65.3 cm³/mol. The van der Waals surface area contributed by atoms with Crippen molar-refractivity contribution in [2.45, 2.75) is 18.9 Å². The number of rotatable bonds is 5. The van der Waals surface area contributed by atoms with Crippen molar-refractivity contribution in [2.75, 3.05) is 33.3 Å². The minimum Gasteiger partial charge on any atom is -0.480 e. The standard InChI is InChI=1S/C11H21N3O4/c1-14-4-2-3-8(6-14)5-12-11(18)13-9(7-15)10(16)17/h8-9,15H,2-7H2,1H3,(H,16,17)(H2,12,13,18)/t8?,9-/m0/s1. The maximum absolute atomic E-state index is 11.4. The second-order valence-corrected chi connectivity index (χ2v) is 4.70. The number of nitrogens with zero attached hydrogens (tertiary/aromatic N) is 1. The highest BCUT2D eigenvalue weighted by Crippen LogP contribution is 2.13. The van der Waals surface area contributed by atoms with Gasteiger partial charge in [-0.3, -0.25) is 0 Å². The van der Waals surface area contributed by atoms with Gasteiger partial charge in [0.1, 0.15) is 0 Å². The van der Waals surface area contributed by atoms with E-state index in [-0.39, 0.29) is 0 Å². The Morgan fingerprint density at radius 3 is 2.78 bits per heavy atom. The molecule has 7 heteroatoms. The zero-order chi connectivity index (χ0) is 13.5. The minimum absolute atomic E-state index is 0.395. The van der Waals surface area contributed by atoms with Gasteiger partial charge in [0.25, 0.3) is 0 Å². The molecule has 1 saturated heterocycles. The van der Waals surface area contributed by atoms with Crippen LogP contribution in [0, 0.1) is 5.92 Å². The SMILES string of the molecule is CN1CCCC(CNC(=O)N[C@@H](CO)C(=O)O)C1. The Bertz CT molecular complexity index is 298. The van der Waals surface area contributed by atoms with Gasteiger partial charge in [0.05, 0.1) is 6.61 Å². The van der Waals surface area contributed by atoms with E-state index in [1.165, 1.54) is 0 Å². The van der Waals surface area contributed by atoms with Crippen LogP contribution < -0.4 is 10.6 Å². The van der Waals surface area contributed by atoms with Crippen molar-refractivity contribution in [2.24, 2.45) is 5.92 Å². The van der Waals surface area contributed by atoms with Crippen molar-refractivity contribution in [3.63, 3.8) is 0 Å². The van der Waals surface area contributed by atoms with Crippen LogP contribution in [0.3, 0.4) is 0 Å². The topological polar surface area (TPSA) is 102 Å². The minimum atomic E-state index is -1.25. The molecule has 104 valence electrons. The number of piperidine rings is 1. The molecule has 7 nitrogen and oxygen atoms in total. The number of carbonyl (C=O) groups is 2. The highest BCUT2D eigenvalue weighted by molar-refractivity contribution is 5.82. The van der Waals surface area contributed by atoms with E-state index in [1.54, 1.807) is 0 Å². The van der Waals surface area contributed by atoms with Crippen molar-refractivity contribution < 1.29 is 19.8 Å². The van der Waals surface area contributed by atoms with Crippen LogP contribution in [0.4, 0.5) is 4.79 Å². The van der Waals surface area contributed by atoms with Gasteiger partial charge in [0, 0.05) is 13.1 Å². The molecule has 2 amide bonds. The molecule has 1 fully saturated rings. The van der Waals surface area contributed by atoms with Gasteiger partial charge in [-0.05, 0) is 32.4 Å². The van der Waals surface area contributed by atoms with Gasteiger partial charge in [-0.25, -0.2) is 9.59 Å². The molecule has 4 N–H and O–H groups in total. The van der Waals surface area contributed by atoms with Crippen molar-refractivity contribution in [3.8, 4) is 0 Å². The number of likely N-dealkylation sites (tertiary alicyclic amines) is 1. The number of nitrogens with one attached hydrogen (secondary N) is 2. The van der Waals surface area contributed by atoms with Crippen LogP contribution in [0.5, 0.6) is 0 Å². The first-order valence-electron chi connectivity index (χ1n) is 6.09. The van der Waals surface area contributed by atoms with Crippen LogP contribution in [0.15, 0.2) is 0 Å². The first-order valence-corrected chi connectivity index (χ1v) is 6.09. The van der Waals surface area contributed by atoms with Crippen LogP contribution in [0.1, 0.15) is 12.8 Å². The molecule has 0 bridgehead atoms. The summed E-state index contributed by atoms with van der Waals surface area (Å²) in [6.07, 6.45) is 2.17.